The van der Waals surface area contributed by atoms with Crippen molar-refractivity contribution < 1.29 is 0 Å². The summed E-state index contributed by atoms with van der Waals surface area (Å²) in [6, 6.07) is 2.05. The smallest absolute Gasteiger partial charge is 0.0410 e. The van der Waals surface area contributed by atoms with Crippen LogP contribution >= 0.6 is 31.9 Å². The molecule has 1 rings (SSSR count). The minimum atomic E-state index is 0.373. The van der Waals surface area contributed by atoms with Crippen LogP contribution in [-0.2, 0) is 0 Å². The van der Waals surface area contributed by atoms with Gasteiger partial charge in [-0.25, -0.2) is 0 Å². The Labute approximate surface area is 77.1 Å². The predicted molar refractivity (Wildman–Crippen MR) is 49.3 cm³/mol. The molecule has 0 bridgehead atoms. The molecule has 10 heavy (non-hydrogen) atoms. The molecule has 3 heteroatoms. The first kappa shape index (κ1) is 8.21. The monoisotopic (exact) mass is 263 g/mol. The maximum Gasteiger partial charge on any atom is 0.0410 e. The molecule has 0 radical (unpaired) electrons. The Morgan fingerprint density at radius 2 is 2.20 bits per heavy atom. The van der Waals surface area contributed by atoms with Gasteiger partial charge in [0.2, 0.25) is 0 Å². The number of rotatable bonds is 1. The zero-order chi connectivity index (χ0) is 7.56. The second-order valence-corrected chi connectivity index (χ2v) is 4.34. The lowest BCUT2D eigenvalue weighted by Gasteiger charge is -2.01. The molecular formula is C7H7Br2N. The Hall–Kier alpha value is 0.110. The number of hydrogen-bond acceptors (Lipinski definition) is 1. The summed E-state index contributed by atoms with van der Waals surface area (Å²) in [4.78, 5) is 4.40. The van der Waals surface area contributed by atoms with Crippen molar-refractivity contribution in [3.63, 3.8) is 0 Å². The van der Waals surface area contributed by atoms with Gasteiger partial charge in [-0.1, -0.05) is 15.9 Å². The molecule has 1 nitrogen and oxygen atoms in total. The fraction of sp³-hybridized carbons (Fsp3) is 0.286. The number of halogens is 2. The fourth-order valence-electron chi connectivity index (χ4n) is 0.646. The molecule has 1 atom stereocenters. The van der Waals surface area contributed by atoms with E-state index in [9.17, 15) is 0 Å². The van der Waals surface area contributed by atoms with Crippen molar-refractivity contribution in [1.82, 2.24) is 4.98 Å². The maximum atomic E-state index is 4.03. The molecule has 54 valence electrons. The molecule has 0 fully saturated rings. The number of pyridine rings is 1. The van der Waals surface area contributed by atoms with Crippen molar-refractivity contribution in [2.45, 2.75) is 11.8 Å². The van der Waals surface area contributed by atoms with Gasteiger partial charge in [0, 0.05) is 21.7 Å². The van der Waals surface area contributed by atoms with Crippen LogP contribution in [0.4, 0.5) is 0 Å². The second kappa shape index (κ2) is 3.49. The number of alkyl halides is 1. The van der Waals surface area contributed by atoms with Gasteiger partial charge in [-0.05, 0) is 34.5 Å². The highest BCUT2D eigenvalue weighted by atomic mass is 79.9. The zero-order valence-corrected chi connectivity index (χ0v) is 8.68. The van der Waals surface area contributed by atoms with Gasteiger partial charge in [0.05, 0.1) is 0 Å². The zero-order valence-electron chi connectivity index (χ0n) is 5.51. The summed E-state index contributed by atoms with van der Waals surface area (Å²) in [6.45, 7) is 2.07. The molecule has 0 aliphatic carbocycles. The van der Waals surface area contributed by atoms with Gasteiger partial charge in [-0.15, -0.1) is 0 Å². The van der Waals surface area contributed by atoms with Crippen molar-refractivity contribution in [3.8, 4) is 0 Å². The molecule has 0 saturated carbocycles. The summed E-state index contributed by atoms with van der Waals surface area (Å²) in [5.74, 6) is 0. The lowest BCUT2D eigenvalue weighted by atomic mass is 10.2. The molecule has 0 aliphatic rings. The van der Waals surface area contributed by atoms with E-state index in [4.69, 9.17) is 0 Å². The van der Waals surface area contributed by atoms with E-state index in [1.165, 1.54) is 5.56 Å². The molecule has 0 N–H and O–H groups in total. The van der Waals surface area contributed by atoms with Crippen LogP contribution in [0.15, 0.2) is 22.9 Å². The molecule has 0 spiro atoms. The lowest BCUT2D eigenvalue weighted by molar-refractivity contribution is 1.08. The Balaban J connectivity index is 2.96. The van der Waals surface area contributed by atoms with Crippen molar-refractivity contribution >= 4 is 31.9 Å². The SMILES string of the molecule is CC(Br)c1cncc(Br)c1. The predicted octanol–water partition coefficient (Wildman–Crippen LogP) is 3.30. The van der Waals surface area contributed by atoms with E-state index >= 15 is 0 Å². The molecule has 1 aromatic heterocycles. The molecule has 0 aromatic carbocycles. The first-order valence-electron chi connectivity index (χ1n) is 2.94. The first-order valence-corrected chi connectivity index (χ1v) is 4.65. The van der Waals surface area contributed by atoms with Gasteiger partial charge in [0.25, 0.3) is 0 Å². The van der Waals surface area contributed by atoms with E-state index in [1.807, 2.05) is 12.3 Å². The third-order valence-electron chi connectivity index (χ3n) is 1.19. The summed E-state index contributed by atoms with van der Waals surface area (Å²) in [5, 5.41) is 0. The summed E-state index contributed by atoms with van der Waals surface area (Å²) in [7, 11) is 0. The van der Waals surface area contributed by atoms with E-state index in [2.05, 4.69) is 43.8 Å². The van der Waals surface area contributed by atoms with E-state index in [1.54, 1.807) is 6.20 Å². The van der Waals surface area contributed by atoms with Crippen molar-refractivity contribution in [2.24, 2.45) is 0 Å². The topological polar surface area (TPSA) is 12.9 Å². The molecule has 1 heterocycles. The van der Waals surface area contributed by atoms with Crippen LogP contribution in [0.2, 0.25) is 0 Å². The quantitative estimate of drug-likeness (QED) is 0.710. The number of hydrogen-bond donors (Lipinski definition) is 0. The highest BCUT2D eigenvalue weighted by Gasteiger charge is 1.99. The van der Waals surface area contributed by atoms with Gasteiger partial charge in [-0.3, -0.25) is 4.98 Å². The molecule has 1 aromatic rings. The third kappa shape index (κ3) is 2.06. The Bertz CT molecular complexity index is 223. The minimum absolute atomic E-state index is 0.373. The van der Waals surface area contributed by atoms with Crippen molar-refractivity contribution in [3.05, 3.63) is 28.5 Å². The fourth-order valence-corrected chi connectivity index (χ4v) is 1.28. The lowest BCUT2D eigenvalue weighted by Crippen LogP contribution is -1.84. The van der Waals surface area contributed by atoms with E-state index in [-0.39, 0.29) is 0 Å². The van der Waals surface area contributed by atoms with Crippen LogP contribution < -0.4 is 0 Å². The van der Waals surface area contributed by atoms with Crippen LogP contribution in [0.3, 0.4) is 0 Å². The standard InChI is InChI=1S/C7H7Br2N/c1-5(8)6-2-7(9)4-10-3-6/h2-5H,1H3. The van der Waals surface area contributed by atoms with Gasteiger partial charge >= 0.3 is 0 Å². The Morgan fingerprint density at radius 3 is 2.60 bits per heavy atom. The van der Waals surface area contributed by atoms with Gasteiger partial charge in [-0.2, -0.15) is 0 Å². The number of nitrogens with zero attached hydrogens (tertiary/aromatic N) is 1. The first-order chi connectivity index (χ1) is 4.70. The summed E-state index contributed by atoms with van der Waals surface area (Å²) >= 11 is 6.80. The average molecular weight is 265 g/mol. The summed E-state index contributed by atoms with van der Waals surface area (Å²) in [6.07, 6.45) is 3.63. The largest absolute Gasteiger partial charge is 0.263 e. The molecule has 0 aliphatic heterocycles. The van der Waals surface area contributed by atoms with Crippen LogP contribution in [0.5, 0.6) is 0 Å². The van der Waals surface area contributed by atoms with E-state index in [0.29, 0.717) is 4.83 Å². The van der Waals surface area contributed by atoms with Crippen molar-refractivity contribution in [2.75, 3.05) is 0 Å². The average Bonchev–Trinajstić information content (AvgIpc) is 1.88. The second-order valence-electron chi connectivity index (χ2n) is 2.05. The number of aromatic nitrogens is 1. The third-order valence-corrected chi connectivity index (χ3v) is 2.15. The van der Waals surface area contributed by atoms with Crippen LogP contribution in [0.25, 0.3) is 0 Å². The van der Waals surface area contributed by atoms with Gasteiger partial charge < -0.3 is 0 Å². The highest BCUT2D eigenvalue weighted by molar-refractivity contribution is 9.10. The van der Waals surface area contributed by atoms with Gasteiger partial charge in [0.15, 0.2) is 0 Å². The van der Waals surface area contributed by atoms with Crippen molar-refractivity contribution in [1.29, 1.82) is 0 Å². The summed E-state index contributed by atoms with van der Waals surface area (Å²) < 4.78 is 1.02. The highest BCUT2D eigenvalue weighted by Crippen LogP contribution is 2.22. The van der Waals surface area contributed by atoms with Crippen LogP contribution in [0.1, 0.15) is 17.3 Å². The van der Waals surface area contributed by atoms with Crippen LogP contribution in [-0.4, -0.2) is 4.98 Å². The van der Waals surface area contributed by atoms with E-state index < -0.39 is 0 Å². The molecule has 0 amide bonds. The van der Waals surface area contributed by atoms with E-state index in [0.717, 1.165) is 4.47 Å². The normalized spacial score (nSPS) is 13.1. The molecular weight excluding hydrogens is 258 g/mol. The maximum absolute atomic E-state index is 4.03. The molecule has 1 unspecified atom stereocenters. The molecule has 0 saturated heterocycles. The Kier molecular flexibility index (Phi) is 2.86. The van der Waals surface area contributed by atoms with Crippen LogP contribution in [0, 0.1) is 0 Å². The Morgan fingerprint density at radius 1 is 1.50 bits per heavy atom. The van der Waals surface area contributed by atoms with Gasteiger partial charge in [0.1, 0.15) is 0 Å². The summed E-state index contributed by atoms with van der Waals surface area (Å²) in [5.41, 5.74) is 1.19. The minimum Gasteiger partial charge on any atom is -0.263 e.